The van der Waals surface area contributed by atoms with E-state index in [0.717, 1.165) is 12.3 Å². The van der Waals surface area contributed by atoms with Gasteiger partial charge in [0.2, 0.25) is 0 Å². The van der Waals surface area contributed by atoms with Gasteiger partial charge >= 0.3 is 0 Å². The maximum atomic E-state index is 9.29. The highest BCUT2D eigenvalue weighted by Crippen LogP contribution is 2.30. The summed E-state index contributed by atoms with van der Waals surface area (Å²) in [6.07, 6.45) is 6.43. The Morgan fingerprint density at radius 1 is 1.26 bits per heavy atom. The smallest absolute Gasteiger partial charge is 0.115 e. The molecule has 2 heteroatoms. The molecule has 1 aliphatic rings. The quantitative estimate of drug-likeness (QED) is 0.768. The fraction of sp³-hybridized carbons (Fsp3) is 0.647. The standard InChI is InChI=1S/C17H27NO/c1-3-12-18(13-16-6-7-16)14(2)4-5-15-8-10-17(19)11-9-15/h8-11,14,16,19H,3-7,12-13H2,1-2H3. The molecule has 106 valence electrons. The van der Waals surface area contributed by atoms with Crippen molar-refractivity contribution in [2.45, 2.75) is 52.0 Å². The van der Waals surface area contributed by atoms with Crippen LogP contribution in [-0.4, -0.2) is 29.1 Å². The first kappa shape index (κ1) is 14.4. The second kappa shape index (κ2) is 6.95. The molecular weight excluding hydrogens is 234 g/mol. The number of hydrogen-bond donors (Lipinski definition) is 1. The molecule has 1 aliphatic carbocycles. The molecule has 0 radical (unpaired) electrons. The summed E-state index contributed by atoms with van der Waals surface area (Å²) in [5, 5.41) is 9.29. The molecule has 1 aromatic rings. The van der Waals surface area contributed by atoms with Gasteiger partial charge < -0.3 is 10.0 Å². The predicted molar refractivity (Wildman–Crippen MR) is 80.5 cm³/mol. The fourth-order valence-corrected chi connectivity index (χ4v) is 2.63. The van der Waals surface area contributed by atoms with E-state index in [9.17, 15) is 5.11 Å². The lowest BCUT2D eigenvalue weighted by molar-refractivity contribution is 0.191. The van der Waals surface area contributed by atoms with Gasteiger partial charge in [-0.1, -0.05) is 19.1 Å². The third-order valence-electron chi connectivity index (χ3n) is 4.11. The number of benzene rings is 1. The van der Waals surface area contributed by atoms with Gasteiger partial charge in [0.05, 0.1) is 0 Å². The van der Waals surface area contributed by atoms with E-state index in [-0.39, 0.29) is 0 Å². The predicted octanol–water partition coefficient (Wildman–Crippen LogP) is 3.84. The maximum Gasteiger partial charge on any atom is 0.115 e. The minimum atomic E-state index is 0.359. The van der Waals surface area contributed by atoms with Gasteiger partial charge in [-0.15, -0.1) is 0 Å². The van der Waals surface area contributed by atoms with E-state index in [0.29, 0.717) is 11.8 Å². The molecule has 1 saturated carbocycles. The Labute approximate surface area is 117 Å². The Balaban J connectivity index is 1.80. The lowest BCUT2D eigenvalue weighted by Gasteiger charge is -2.29. The highest BCUT2D eigenvalue weighted by atomic mass is 16.3. The molecule has 1 fully saturated rings. The van der Waals surface area contributed by atoms with Gasteiger partial charge in [-0.05, 0) is 69.2 Å². The first-order chi connectivity index (χ1) is 9.19. The lowest BCUT2D eigenvalue weighted by atomic mass is 10.0. The zero-order chi connectivity index (χ0) is 13.7. The lowest BCUT2D eigenvalue weighted by Crippen LogP contribution is -2.35. The topological polar surface area (TPSA) is 23.5 Å². The molecule has 0 heterocycles. The van der Waals surface area contributed by atoms with Gasteiger partial charge in [0.1, 0.15) is 5.75 Å². The van der Waals surface area contributed by atoms with Crippen LogP contribution in [-0.2, 0) is 6.42 Å². The summed E-state index contributed by atoms with van der Waals surface area (Å²) in [4.78, 5) is 2.66. The third kappa shape index (κ3) is 4.87. The average Bonchev–Trinajstić information content (AvgIpc) is 3.21. The molecule has 0 bridgehead atoms. The molecule has 1 atom stereocenters. The number of aromatic hydroxyl groups is 1. The van der Waals surface area contributed by atoms with Crippen LogP contribution < -0.4 is 0 Å². The van der Waals surface area contributed by atoms with E-state index < -0.39 is 0 Å². The van der Waals surface area contributed by atoms with Crippen LogP contribution in [0.25, 0.3) is 0 Å². The number of phenols is 1. The monoisotopic (exact) mass is 261 g/mol. The normalized spacial score (nSPS) is 16.8. The van der Waals surface area contributed by atoms with Crippen molar-refractivity contribution in [3.8, 4) is 5.75 Å². The Morgan fingerprint density at radius 2 is 1.95 bits per heavy atom. The van der Waals surface area contributed by atoms with Crippen molar-refractivity contribution in [3.63, 3.8) is 0 Å². The van der Waals surface area contributed by atoms with E-state index >= 15 is 0 Å². The van der Waals surface area contributed by atoms with Crippen LogP contribution in [0, 0.1) is 5.92 Å². The van der Waals surface area contributed by atoms with Crippen LogP contribution in [0.4, 0.5) is 0 Å². The molecule has 2 nitrogen and oxygen atoms in total. The SMILES string of the molecule is CCCN(CC1CC1)C(C)CCc1ccc(O)cc1. The van der Waals surface area contributed by atoms with Crippen LogP contribution in [0.3, 0.4) is 0 Å². The highest BCUT2D eigenvalue weighted by molar-refractivity contribution is 5.25. The minimum absolute atomic E-state index is 0.359. The van der Waals surface area contributed by atoms with Crippen molar-refractivity contribution in [2.75, 3.05) is 13.1 Å². The Morgan fingerprint density at radius 3 is 2.53 bits per heavy atom. The van der Waals surface area contributed by atoms with Crippen molar-refractivity contribution < 1.29 is 5.11 Å². The Hall–Kier alpha value is -1.02. The second-order valence-corrected chi connectivity index (χ2v) is 5.99. The average molecular weight is 261 g/mol. The van der Waals surface area contributed by atoms with E-state index in [1.807, 2.05) is 12.1 Å². The molecule has 1 N–H and O–H groups in total. The van der Waals surface area contributed by atoms with E-state index in [1.54, 1.807) is 12.1 Å². The van der Waals surface area contributed by atoms with Crippen LogP contribution in [0.15, 0.2) is 24.3 Å². The Kier molecular flexibility index (Phi) is 5.26. The van der Waals surface area contributed by atoms with Crippen molar-refractivity contribution in [2.24, 2.45) is 5.92 Å². The molecule has 0 saturated heterocycles. The number of phenolic OH excluding ortho intramolecular Hbond substituents is 1. The molecule has 0 aliphatic heterocycles. The molecular formula is C17H27NO. The zero-order valence-corrected chi connectivity index (χ0v) is 12.3. The molecule has 2 rings (SSSR count). The first-order valence-electron chi connectivity index (χ1n) is 7.71. The van der Waals surface area contributed by atoms with Crippen molar-refractivity contribution >= 4 is 0 Å². The number of rotatable bonds is 8. The van der Waals surface area contributed by atoms with Crippen molar-refractivity contribution in [1.29, 1.82) is 0 Å². The first-order valence-corrected chi connectivity index (χ1v) is 7.71. The fourth-order valence-electron chi connectivity index (χ4n) is 2.63. The highest BCUT2D eigenvalue weighted by Gasteiger charge is 2.25. The molecule has 19 heavy (non-hydrogen) atoms. The molecule has 0 spiro atoms. The van der Waals surface area contributed by atoms with Crippen molar-refractivity contribution in [3.05, 3.63) is 29.8 Å². The van der Waals surface area contributed by atoms with Gasteiger partial charge in [0, 0.05) is 12.6 Å². The Bertz CT molecular complexity index is 369. The van der Waals surface area contributed by atoms with Gasteiger partial charge in [0.15, 0.2) is 0 Å². The van der Waals surface area contributed by atoms with E-state index in [2.05, 4.69) is 18.7 Å². The van der Waals surface area contributed by atoms with Crippen LogP contribution >= 0.6 is 0 Å². The summed E-state index contributed by atoms with van der Waals surface area (Å²) in [7, 11) is 0. The van der Waals surface area contributed by atoms with Crippen LogP contribution in [0.5, 0.6) is 5.75 Å². The van der Waals surface area contributed by atoms with Gasteiger partial charge in [-0.25, -0.2) is 0 Å². The van der Waals surface area contributed by atoms with E-state index in [1.165, 1.54) is 44.3 Å². The maximum absolute atomic E-state index is 9.29. The summed E-state index contributed by atoms with van der Waals surface area (Å²) in [5.74, 6) is 1.33. The third-order valence-corrected chi connectivity index (χ3v) is 4.11. The number of nitrogens with zero attached hydrogens (tertiary/aromatic N) is 1. The molecule has 0 aromatic heterocycles. The largest absolute Gasteiger partial charge is 0.508 e. The summed E-state index contributed by atoms with van der Waals surface area (Å²) < 4.78 is 0. The van der Waals surface area contributed by atoms with Gasteiger partial charge in [-0.3, -0.25) is 0 Å². The summed E-state index contributed by atoms with van der Waals surface area (Å²) in [5.41, 5.74) is 1.33. The van der Waals surface area contributed by atoms with E-state index in [4.69, 9.17) is 0 Å². The summed E-state index contributed by atoms with van der Waals surface area (Å²) in [6, 6.07) is 8.30. The zero-order valence-electron chi connectivity index (χ0n) is 12.3. The molecule has 1 unspecified atom stereocenters. The summed E-state index contributed by atoms with van der Waals surface area (Å²) >= 11 is 0. The number of hydrogen-bond acceptors (Lipinski definition) is 2. The number of aryl methyl sites for hydroxylation is 1. The van der Waals surface area contributed by atoms with Gasteiger partial charge in [-0.2, -0.15) is 0 Å². The van der Waals surface area contributed by atoms with Crippen LogP contribution in [0.1, 0.15) is 45.1 Å². The van der Waals surface area contributed by atoms with Crippen LogP contribution in [0.2, 0.25) is 0 Å². The minimum Gasteiger partial charge on any atom is -0.508 e. The summed E-state index contributed by atoms with van der Waals surface area (Å²) in [6.45, 7) is 7.16. The molecule has 0 amide bonds. The van der Waals surface area contributed by atoms with Crippen molar-refractivity contribution in [1.82, 2.24) is 4.90 Å². The second-order valence-electron chi connectivity index (χ2n) is 5.99. The molecule has 1 aromatic carbocycles. The van der Waals surface area contributed by atoms with Gasteiger partial charge in [0.25, 0.3) is 0 Å².